The van der Waals surface area contributed by atoms with Gasteiger partial charge in [0, 0.05) is 24.7 Å². The lowest BCUT2D eigenvalue weighted by atomic mass is 10.0. The Labute approximate surface area is 318 Å². The lowest BCUT2D eigenvalue weighted by Crippen LogP contribution is -2.52. The number of amides is 2. The van der Waals surface area contributed by atoms with Crippen molar-refractivity contribution in [3.8, 4) is 0 Å². The van der Waals surface area contributed by atoms with Crippen LogP contribution in [-0.2, 0) is 24.3 Å². The predicted octanol–water partition coefficient (Wildman–Crippen LogP) is 4.30. The lowest BCUT2D eigenvalue weighted by molar-refractivity contribution is -0.192. The van der Waals surface area contributed by atoms with Crippen LogP contribution in [-0.4, -0.2) is 96.5 Å². The van der Waals surface area contributed by atoms with Crippen LogP contribution in [0, 0.1) is 5.92 Å². The molecular weight excluding hydrogens is 779 g/mol. The maximum absolute atomic E-state index is 13.6. The molecule has 3 aromatic rings. The highest BCUT2D eigenvalue weighted by Gasteiger charge is 2.38. The molecule has 1 aliphatic heterocycles. The number of alkyl carbamates (subject to hydrolysis) is 1. The number of aromatic nitrogens is 1. The van der Waals surface area contributed by atoms with Gasteiger partial charge in [-0.2, -0.15) is 17.5 Å². The van der Waals surface area contributed by atoms with Crippen molar-refractivity contribution in [2.45, 2.75) is 75.2 Å². The highest BCUT2D eigenvalue weighted by Crippen LogP contribution is 2.25. The molecule has 15 nitrogen and oxygen atoms in total. The number of halogens is 4. The van der Waals surface area contributed by atoms with Crippen LogP contribution in [0.4, 0.5) is 18.0 Å². The van der Waals surface area contributed by atoms with E-state index < -0.39 is 52.4 Å². The number of benzene rings is 2. The second-order valence-corrected chi connectivity index (χ2v) is 15.9. The molecule has 0 unspecified atom stereocenters. The Morgan fingerprint density at radius 2 is 1.67 bits per heavy atom. The number of thiazole rings is 1. The Morgan fingerprint density at radius 1 is 1.06 bits per heavy atom. The first kappa shape index (κ1) is 43.9. The van der Waals surface area contributed by atoms with E-state index in [9.17, 15) is 36.0 Å². The number of nitrogens with one attached hydrogen (secondary N) is 2. The van der Waals surface area contributed by atoms with Gasteiger partial charge >= 0.3 is 18.2 Å². The quantitative estimate of drug-likeness (QED) is 0.0666. The zero-order valence-corrected chi connectivity index (χ0v) is 31.6. The van der Waals surface area contributed by atoms with Gasteiger partial charge in [0.25, 0.3) is 0 Å². The number of nitrogens with zero attached hydrogens (tertiary/aromatic N) is 3. The minimum Gasteiger partial charge on any atom is -0.475 e. The van der Waals surface area contributed by atoms with E-state index in [-0.39, 0.29) is 72.9 Å². The molecule has 54 heavy (non-hydrogen) atoms. The molecule has 4 rings (SSSR count). The molecule has 1 saturated heterocycles. The molecule has 0 aliphatic carbocycles. The fourth-order valence-corrected chi connectivity index (χ4v) is 7.70. The predicted molar refractivity (Wildman–Crippen MR) is 196 cm³/mol. The molecule has 2 aromatic carbocycles. The minimum absolute atomic E-state index is 0.0210. The van der Waals surface area contributed by atoms with Crippen LogP contribution < -0.4 is 22.1 Å². The second kappa shape index (κ2) is 19.7. The Kier molecular flexibility index (Phi) is 16.0. The van der Waals surface area contributed by atoms with E-state index in [4.69, 9.17) is 37.7 Å². The van der Waals surface area contributed by atoms with Crippen LogP contribution in [0.3, 0.4) is 0 Å². The van der Waals surface area contributed by atoms with Crippen LogP contribution in [0.5, 0.6) is 0 Å². The van der Waals surface area contributed by atoms with Gasteiger partial charge in [0.15, 0.2) is 11.0 Å². The minimum atomic E-state index is -5.08. The van der Waals surface area contributed by atoms with Crippen molar-refractivity contribution in [3.05, 3.63) is 58.6 Å². The summed E-state index contributed by atoms with van der Waals surface area (Å²) < 4.78 is 65.6. The van der Waals surface area contributed by atoms with E-state index in [2.05, 4.69) is 20.6 Å². The molecular formula is C33H41ClF3N7O8S2. The number of aliphatic imine (C=N–C) groups is 1. The van der Waals surface area contributed by atoms with Gasteiger partial charge in [0.05, 0.1) is 21.2 Å². The van der Waals surface area contributed by atoms with Crippen molar-refractivity contribution in [3.63, 3.8) is 0 Å². The van der Waals surface area contributed by atoms with Crippen molar-refractivity contribution in [2.75, 3.05) is 19.6 Å². The van der Waals surface area contributed by atoms with Gasteiger partial charge in [0.2, 0.25) is 21.7 Å². The maximum Gasteiger partial charge on any atom is 0.490 e. The maximum atomic E-state index is 13.6. The number of Topliss-reactive ketones (excluding diaryl/α,β-unsaturated/α-hetero) is 1. The smallest absolute Gasteiger partial charge is 0.475 e. The fraction of sp³-hybridized carbons (Fsp3) is 0.455. The van der Waals surface area contributed by atoms with Crippen molar-refractivity contribution < 1.29 is 50.6 Å². The number of carboxylic acid groups (broad SMARTS) is 1. The van der Waals surface area contributed by atoms with Gasteiger partial charge in [0.1, 0.15) is 12.1 Å². The number of nitrogens with two attached hydrogens (primary N) is 2. The third kappa shape index (κ3) is 13.4. The lowest BCUT2D eigenvalue weighted by Gasteiger charge is -2.31. The number of carbonyl (C=O) groups excluding carboxylic acids is 3. The van der Waals surface area contributed by atoms with Gasteiger partial charge in [-0.3, -0.25) is 14.6 Å². The molecule has 7 N–H and O–H groups in total. The van der Waals surface area contributed by atoms with Crippen LogP contribution >= 0.6 is 22.9 Å². The Balaban J connectivity index is 0.00000102. The van der Waals surface area contributed by atoms with Crippen LogP contribution in [0.25, 0.3) is 10.2 Å². The number of hydrogen-bond acceptors (Lipinski definition) is 10. The zero-order chi connectivity index (χ0) is 40.2. The van der Waals surface area contributed by atoms with Gasteiger partial charge in [-0.15, -0.1) is 11.3 Å². The first-order valence-electron chi connectivity index (χ1n) is 16.6. The van der Waals surface area contributed by atoms with Crippen molar-refractivity contribution in [1.82, 2.24) is 19.9 Å². The Morgan fingerprint density at radius 3 is 2.22 bits per heavy atom. The molecule has 1 aromatic heterocycles. The number of aliphatic carboxylic acids is 1. The summed E-state index contributed by atoms with van der Waals surface area (Å²) in [6.45, 7) is 4.40. The van der Waals surface area contributed by atoms with Gasteiger partial charge in [-0.1, -0.05) is 37.6 Å². The van der Waals surface area contributed by atoms with Crippen LogP contribution in [0.15, 0.2) is 58.4 Å². The molecule has 0 spiro atoms. The van der Waals surface area contributed by atoms with Crippen LogP contribution in [0.2, 0.25) is 5.02 Å². The monoisotopic (exact) mass is 819 g/mol. The fourth-order valence-electron chi connectivity index (χ4n) is 5.15. The average Bonchev–Trinajstić information content (AvgIpc) is 3.53. The number of ether oxygens (including phenoxy) is 1. The number of hydrogen-bond donors (Lipinski definition) is 5. The van der Waals surface area contributed by atoms with Gasteiger partial charge in [-0.25, -0.2) is 23.0 Å². The number of guanidine groups is 1. The number of carboxylic acids is 1. The van der Waals surface area contributed by atoms with Crippen molar-refractivity contribution >= 4 is 72.9 Å². The molecule has 296 valence electrons. The summed E-state index contributed by atoms with van der Waals surface area (Å²) in [5, 5.41) is 13.3. The second-order valence-electron chi connectivity index (χ2n) is 12.5. The van der Waals surface area contributed by atoms with Crippen molar-refractivity contribution in [1.29, 1.82) is 0 Å². The largest absolute Gasteiger partial charge is 0.490 e. The van der Waals surface area contributed by atoms with E-state index in [1.165, 1.54) is 39.9 Å². The number of rotatable bonds is 14. The number of carbonyl (C=O) groups is 4. The number of sulfonamides is 1. The van der Waals surface area contributed by atoms with Crippen LogP contribution in [0.1, 0.15) is 55.8 Å². The first-order valence-corrected chi connectivity index (χ1v) is 19.2. The average molecular weight is 820 g/mol. The number of ketones is 1. The Hall–Kier alpha value is -4.53. The third-order valence-electron chi connectivity index (χ3n) is 7.77. The summed E-state index contributed by atoms with van der Waals surface area (Å²) in [5.74, 6) is -3.70. The highest BCUT2D eigenvalue weighted by atomic mass is 35.5. The van der Waals surface area contributed by atoms with E-state index >= 15 is 0 Å². The topological polar surface area (TPSA) is 236 Å². The first-order chi connectivity index (χ1) is 25.3. The zero-order valence-electron chi connectivity index (χ0n) is 29.2. The number of fused-ring (bicyclic) bond motifs is 1. The molecule has 2 atom stereocenters. The molecule has 0 radical (unpaired) electrons. The van der Waals surface area contributed by atoms with Crippen molar-refractivity contribution in [2.24, 2.45) is 22.4 Å². The Bertz CT molecular complexity index is 1870. The molecule has 1 aliphatic rings. The molecule has 2 amide bonds. The number of para-hydroxylation sites is 1. The molecule has 21 heteroatoms. The van der Waals surface area contributed by atoms with E-state index in [1.807, 2.05) is 38.1 Å². The molecule has 0 bridgehead atoms. The van der Waals surface area contributed by atoms with E-state index in [0.29, 0.717) is 17.0 Å². The normalized spacial score (nSPS) is 15.0. The molecule has 0 saturated carbocycles. The summed E-state index contributed by atoms with van der Waals surface area (Å²) in [4.78, 5) is 57.6. The number of piperidine rings is 1. The summed E-state index contributed by atoms with van der Waals surface area (Å²) in [6.07, 6.45) is -4.91. The highest BCUT2D eigenvalue weighted by molar-refractivity contribution is 7.89. The summed E-state index contributed by atoms with van der Waals surface area (Å²) in [7, 11) is -3.72. The number of alkyl halides is 3. The van der Waals surface area contributed by atoms with E-state index in [0.717, 1.165) is 4.70 Å². The summed E-state index contributed by atoms with van der Waals surface area (Å²) in [6, 6.07) is 11.4. The summed E-state index contributed by atoms with van der Waals surface area (Å²) >= 11 is 7.13. The SMILES string of the molecule is CC(C)C[C@H](NC(=O)OC1CCN(S(=O)(=O)c2ccc(Cl)cc2)CC1)C(=O)N[C@@H](CCCN=C(N)N)C(=O)c1nc2ccccc2s1.O=C(O)C(F)(F)F. The van der Waals surface area contributed by atoms with E-state index in [1.54, 1.807) is 0 Å². The molecule has 1 fully saturated rings. The summed E-state index contributed by atoms with van der Waals surface area (Å²) in [5.41, 5.74) is 11.6. The molecule has 2 heterocycles. The third-order valence-corrected chi connectivity index (χ3v) is 11.0. The van der Waals surface area contributed by atoms with Gasteiger partial charge in [-0.05, 0) is 74.4 Å². The standard InChI is InChI=1S/C31H40ClN7O6S2.C2HF3O2/c1-19(2)18-25(38-31(42)45-21-13-16-39(17-14-21)47(43,44)22-11-9-20(32)10-12-22)28(41)36-24(7-5-15-35-30(33)34)27(40)29-37-23-6-3-4-8-26(23)46-29;3-2(4,5)1(6)7/h3-4,6,8-12,19,21,24-25H,5,7,13-18H2,1-2H3,(H,36,41)(H,38,42)(H4,33,34,35);(H,6,7)/t24-,25-;/m0./s1. The van der Waals surface area contributed by atoms with Gasteiger partial charge < -0.3 is 31.9 Å².